The van der Waals surface area contributed by atoms with Crippen molar-refractivity contribution >= 4 is 21.8 Å². The second-order valence-corrected chi connectivity index (χ2v) is 5.09. The van der Waals surface area contributed by atoms with E-state index in [1.807, 2.05) is 0 Å². The molecule has 6 nitrogen and oxygen atoms in total. The molecule has 0 atom stereocenters. The van der Waals surface area contributed by atoms with Crippen LogP contribution in [0.4, 0.5) is 0 Å². The van der Waals surface area contributed by atoms with Crippen LogP contribution in [-0.2, 0) is 0 Å². The summed E-state index contributed by atoms with van der Waals surface area (Å²) in [6.07, 6.45) is 0. The second-order valence-electron chi connectivity index (χ2n) is 5.09. The third kappa shape index (κ3) is 4.85. The van der Waals surface area contributed by atoms with Crippen LogP contribution in [0.25, 0.3) is 21.8 Å². The largest absolute Gasteiger partial charge is 1.00 e. The molecule has 0 fully saturated rings. The molecule has 2 heterocycles. The minimum absolute atomic E-state index is 0. The molecule has 0 amide bonds. The van der Waals surface area contributed by atoms with Gasteiger partial charge in [0.2, 0.25) is 11.1 Å². The Morgan fingerprint density at radius 3 is 1.35 bits per heavy atom. The van der Waals surface area contributed by atoms with Crippen LogP contribution in [0.2, 0.25) is 0 Å². The summed E-state index contributed by atoms with van der Waals surface area (Å²) >= 11 is 0. The number of H-pyrrole nitrogens is 2. The Labute approximate surface area is 172 Å². The summed E-state index contributed by atoms with van der Waals surface area (Å²) in [7, 11) is 0. The number of hydrogen-bond donors (Lipinski definition) is 2. The van der Waals surface area contributed by atoms with Crippen LogP contribution < -0.4 is 59.1 Å². The van der Waals surface area contributed by atoms with E-state index < -0.39 is 0 Å². The average molecular weight is 334 g/mol. The molecule has 8 heteroatoms. The third-order valence-electron chi connectivity index (χ3n) is 3.44. The number of aromatic amines is 2. The number of pyridine rings is 2. The predicted molar refractivity (Wildman–Crippen MR) is 88.0 cm³/mol. The molecule has 4 aromatic rings. The first-order chi connectivity index (χ1) is 11.5. The Balaban J connectivity index is 0.000000241. The van der Waals surface area contributed by atoms with Crippen molar-refractivity contribution in [3.8, 4) is 11.5 Å². The van der Waals surface area contributed by atoms with E-state index in [2.05, 4.69) is 9.97 Å². The van der Waals surface area contributed by atoms with Gasteiger partial charge in [-0.1, -0.05) is 47.9 Å². The second kappa shape index (κ2) is 9.38. The third-order valence-corrected chi connectivity index (χ3v) is 3.44. The van der Waals surface area contributed by atoms with Gasteiger partial charge in [0.05, 0.1) is 0 Å². The Kier molecular flexibility index (Phi) is 7.83. The van der Waals surface area contributed by atoms with Gasteiger partial charge in [0.1, 0.15) is 0 Å². The van der Waals surface area contributed by atoms with Crippen molar-refractivity contribution in [1.29, 1.82) is 0 Å². The standard InChI is InChI=1S/2C9H7NO2.2Li/c2*11-7-3-1-2-6-4-5-8(12)10-9(6)7;;/h2*1-5,11H,(H,10,12);;/q;;2*+1/p-2. The molecule has 0 aliphatic rings. The Hall–Kier alpha value is -2.35. The van der Waals surface area contributed by atoms with Gasteiger partial charge in [0.15, 0.2) is 0 Å². The molecule has 2 N–H and O–H groups in total. The van der Waals surface area contributed by atoms with Crippen LogP contribution in [0.5, 0.6) is 11.5 Å². The van der Waals surface area contributed by atoms with E-state index in [4.69, 9.17) is 0 Å². The quantitative estimate of drug-likeness (QED) is 0.314. The molecule has 0 radical (unpaired) electrons. The summed E-state index contributed by atoms with van der Waals surface area (Å²) < 4.78 is 0. The molecular formula is C18H12Li2N2O4. The van der Waals surface area contributed by atoms with E-state index in [-0.39, 0.29) is 60.3 Å². The van der Waals surface area contributed by atoms with E-state index in [1.165, 1.54) is 24.3 Å². The minimum Gasteiger partial charge on any atom is -0.871 e. The van der Waals surface area contributed by atoms with Crippen molar-refractivity contribution < 1.29 is 47.9 Å². The van der Waals surface area contributed by atoms with Crippen LogP contribution >= 0.6 is 0 Å². The number of rotatable bonds is 0. The van der Waals surface area contributed by atoms with Gasteiger partial charge in [-0.2, -0.15) is 0 Å². The monoisotopic (exact) mass is 334 g/mol. The molecule has 26 heavy (non-hydrogen) atoms. The first-order valence-corrected chi connectivity index (χ1v) is 7.13. The van der Waals surface area contributed by atoms with Gasteiger partial charge in [0.25, 0.3) is 0 Å². The van der Waals surface area contributed by atoms with E-state index in [0.29, 0.717) is 11.0 Å². The van der Waals surface area contributed by atoms with Crippen LogP contribution in [-0.4, -0.2) is 9.97 Å². The Morgan fingerprint density at radius 2 is 0.962 bits per heavy atom. The average Bonchev–Trinajstić information content (AvgIpc) is 2.57. The molecule has 0 unspecified atom stereocenters. The van der Waals surface area contributed by atoms with Gasteiger partial charge in [-0.15, -0.1) is 0 Å². The molecule has 120 valence electrons. The molecule has 2 aromatic carbocycles. The number of fused-ring (bicyclic) bond motifs is 2. The fourth-order valence-electron chi connectivity index (χ4n) is 2.30. The van der Waals surface area contributed by atoms with E-state index in [0.717, 1.165) is 10.8 Å². The summed E-state index contributed by atoms with van der Waals surface area (Å²) in [6.45, 7) is 0. The zero-order valence-corrected chi connectivity index (χ0v) is 14.4. The van der Waals surface area contributed by atoms with Gasteiger partial charge in [0, 0.05) is 23.2 Å². The first-order valence-electron chi connectivity index (χ1n) is 7.13. The fourth-order valence-corrected chi connectivity index (χ4v) is 2.30. The van der Waals surface area contributed by atoms with Crippen molar-refractivity contribution in [3.05, 3.63) is 81.4 Å². The van der Waals surface area contributed by atoms with Crippen LogP contribution in [0, 0.1) is 0 Å². The Bertz CT molecular complexity index is 1050. The summed E-state index contributed by atoms with van der Waals surface area (Å²) in [5.74, 6) is -0.296. The molecule has 0 aliphatic carbocycles. The molecule has 2 aromatic heterocycles. The number of nitrogens with one attached hydrogen (secondary N) is 2. The van der Waals surface area contributed by atoms with Crippen molar-refractivity contribution in [2.45, 2.75) is 0 Å². The fraction of sp³-hybridized carbons (Fsp3) is 0. The zero-order valence-electron chi connectivity index (χ0n) is 14.4. The summed E-state index contributed by atoms with van der Waals surface area (Å²) in [5, 5.41) is 23.9. The van der Waals surface area contributed by atoms with Gasteiger partial charge in [-0.25, -0.2) is 0 Å². The normalized spacial score (nSPS) is 9.54. The summed E-state index contributed by atoms with van der Waals surface area (Å²) in [5.41, 5.74) is 0.270. The van der Waals surface area contributed by atoms with Crippen molar-refractivity contribution in [2.75, 3.05) is 0 Å². The number of para-hydroxylation sites is 2. The van der Waals surface area contributed by atoms with Crippen molar-refractivity contribution in [1.82, 2.24) is 9.97 Å². The number of hydrogen-bond acceptors (Lipinski definition) is 4. The van der Waals surface area contributed by atoms with Crippen molar-refractivity contribution in [2.24, 2.45) is 0 Å². The van der Waals surface area contributed by atoms with Crippen LogP contribution in [0.1, 0.15) is 0 Å². The van der Waals surface area contributed by atoms with Gasteiger partial charge in [-0.05, 0) is 22.9 Å². The maximum absolute atomic E-state index is 11.2. The molecule has 0 bridgehead atoms. The van der Waals surface area contributed by atoms with Gasteiger partial charge >= 0.3 is 37.7 Å². The van der Waals surface area contributed by atoms with E-state index in [9.17, 15) is 19.8 Å². The molecule has 0 saturated heterocycles. The summed E-state index contributed by atoms with van der Waals surface area (Å²) in [6, 6.07) is 15.8. The predicted octanol–water partition coefficient (Wildman–Crippen LogP) is -4.79. The minimum atomic E-state index is -0.245. The maximum Gasteiger partial charge on any atom is 1.00 e. The molecule has 0 aliphatic heterocycles. The molecule has 0 spiro atoms. The SMILES string of the molecule is O=c1ccc2cccc([O-])c2[nH]1.O=c1ccc2cccc([O-])c2[nH]1.[Li+].[Li+]. The molecule has 4 rings (SSSR count). The van der Waals surface area contributed by atoms with Crippen molar-refractivity contribution in [3.63, 3.8) is 0 Å². The summed E-state index contributed by atoms with van der Waals surface area (Å²) in [4.78, 5) is 26.7. The topological polar surface area (TPSA) is 112 Å². The number of benzene rings is 2. The zero-order chi connectivity index (χ0) is 17.1. The molecule has 0 saturated carbocycles. The van der Waals surface area contributed by atoms with Crippen LogP contribution in [0.3, 0.4) is 0 Å². The van der Waals surface area contributed by atoms with Gasteiger partial charge in [-0.3, -0.25) is 9.59 Å². The smallest absolute Gasteiger partial charge is 0.871 e. The van der Waals surface area contributed by atoms with Crippen LogP contribution in [0.15, 0.2) is 70.3 Å². The van der Waals surface area contributed by atoms with Gasteiger partial charge < -0.3 is 20.2 Å². The Morgan fingerprint density at radius 1 is 0.577 bits per heavy atom. The number of aromatic nitrogens is 2. The molecular weight excluding hydrogens is 322 g/mol. The first kappa shape index (κ1) is 21.7. The van der Waals surface area contributed by atoms with E-state index >= 15 is 0 Å². The van der Waals surface area contributed by atoms with E-state index in [1.54, 1.807) is 36.4 Å². The maximum atomic E-state index is 11.2.